The summed E-state index contributed by atoms with van der Waals surface area (Å²) < 4.78 is 12.0. The van der Waals surface area contributed by atoms with Crippen molar-refractivity contribution >= 4 is 22.7 Å². The Morgan fingerprint density at radius 1 is 1.07 bits per heavy atom. The van der Waals surface area contributed by atoms with Gasteiger partial charge in [0.25, 0.3) is 0 Å². The molecule has 0 bridgehead atoms. The van der Waals surface area contributed by atoms with E-state index in [1.807, 2.05) is 61.5 Å². The molecule has 0 atom stereocenters. The van der Waals surface area contributed by atoms with E-state index in [0.29, 0.717) is 29.2 Å². The molecule has 0 unspecified atom stereocenters. The fourth-order valence-corrected chi connectivity index (χ4v) is 2.75. The second-order valence-corrected chi connectivity index (χ2v) is 6.03. The van der Waals surface area contributed by atoms with Crippen LogP contribution < -0.4 is 10.1 Å². The molecule has 0 aliphatic rings. The Morgan fingerprint density at radius 3 is 2.74 bits per heavy atom. The minimum absolute atomic E-state index is 0.0445. The van der Waals surface area contributed by atoms with Crippen LogP contribution in [0, 0.1) is 0 Å². The number of pyridine rings is 1. The smallest absolute Gasteiger partial charge is 0.224 e. The summed E-state index contributed by atoms with van der Waals surface area (Å²) in [4.78, 5) is 16.0. The molecule has 2 heterocycles. The van der Waals surface area contributed by atoms with E-state index < -0.39 is 0 Å². The van der Waals surface area contributed by atoms with Crippen LogP contribution >= 0.6 is 0 Å². The molecule has 5 nitrogen and oxygen atoms in total. The van der Waals surface area contributed by atoms with Gasteiger partial charge in [-0.05, 0) is 12.1 Å². The zero-order valence-corrected chi connectivity index (χ0v) is 14.8. The van der Waals surface area contributed by atoms with Crippen LogP contribution in [-0.2, 0) is 4.79 Å². The third-order valence-electron chi connectivity index (χ3n) is 4.10. The second kappa shape index (κ2) is 7.33. The zero-order valence-electron chi connectivity index (χ0n) is 14.8. The summed E-state index contributed by atoms with van der Waals surface area (Å²) >= 11 is 0. The molecular weight excluding hydrogens is 340 g/mol. The highest BCUT2D eigenvalue weighted by molar-refractivity contribution is 5.90. The molecular formula is C22H18N2O3. The van der Waals surface area contributed by atoms with Crippen molar-refractivity contribution in [1.82, 2.24) is 4.98 Å². The molecule has 0 saturated heterocycles. The van der Waals surface area contributed by atoms with Crippen molar-refractivity contribution in [2.75, 3.05) is 5.32 Å². The van der Waals surface area contributed by atoms with E-state index in [2.05, 4.69) is 10.3 Å². The monoisotopic (exact) mass is 358 g/mol. The van der Waals surface area contributed by atoms with Gasteiger partial charge < -0.3 is 14.5 Å². The summed E-state index contributed by atoms with van der Waals surface area (Å²) in [6, 6.07) is 20.8. The van der Waals surface area contributed by atoms with Crippen LogP contribution in [0.25, 0.3) is 22.4 Å². The number of rotatable bonds is 5. The fourth-order valence-electron chi connectivity index (χ4n) is 2.75. The standard InChI is InChI=1S/C22H18N2O3/c1-2-21(25)24-16-9-6-10-17(13-16)26-19-11-12-23-18-14-20(27-22(18)19)15-7-4-3-5-8-15/h3-14H,2H2,1H3,(H,24,25). The minimum Gasteiger partial charge on any atom is -0.453 e. The summed E-state index contributed by atoms with van der Waals surface area (Å²) in [5.74, 6) is 1.87. The molecule has 5 heteroatoms. The topological polar surface area (TPSA) is 64.4 Å². The van der Waals surface area contributed by atoms with Crippen molar-refractivity contribution in [3.05, 3.63) is 72.9 Å². The Kier molecular flexibility index (Phi) is 4.58. The average molecular weight is 358 g/mol. The fraction of sp³-hybridized carbons (Fsp3) is 0.0909. The van der Waals surface area contributed by atoms with Crippen LogP contribution in [0.3, 0.4) is 0 Å². The largest absolute Gasteiger partial charge is 0.453 e. The van der Waals surface area contributed by atoms with Crippen LogP contribution in [0.5, 0.6) is 11.5 Å². The lowest BCUT2D eigenvalue weighted by Gasteiger charge is -2.08. The first-order valence-corrected chi connectivity index (χ1v) is 8.74. The van der Waals surface area contributed by atoms with E-state index in [4.69, 9.17) is 9.15 Å². The van der Waals surface area contributed by atoms with Gasteiger partial charge in [-0.2, -0.15) is 0 Å². The number of benzene rings is 2. The number of amides is 1. The Bertz CT molecular complexity index is 1090. The zero-order chi connectivity index (χ0) is 18.6. The number of anilines is 1. The van der Waals surface area contributed by atoms with Crippen LogP contribution in [0.15, 0.2) is 77.3 Å². The van der Waals surface area contributed by atoms with Gasteiger partial charge in [-0.15, -0.1) is 0 Å². The third-order valence-corrected chi connectivity index (χ3v) is 4.10. The van der Waals surface area contributed by atoms with Gasteiger partial charge in [-0.3, -0.25) is 9.78 Å². The molecule has 2 aromatic heterocycles. The Balaban J connectivity index is 1.65. The van der Waals surface area contributed by atoms with Crippen molar-refractivity contribution in [3.63, 3.8) is 0 Å². The molecule has 4 rings (SSSR count). The van der Waals surface area contributed by atoms with Gasteiger partial charge in [0.05, 0.1) is 0 Å². The number of furan rings is 1. The van der Waals surface area contributed by atoms with Gasteiger partial charge in [0.15, 0.2) is 11.3 Å². The van der Waals surface area contributed by atoms with E-state index in [9.17, 15) is 4.79 Å². The van der Waals surface area contributed by atoms with Crippen molar-refractivity contribution in [3.8, 4) is 22.8 Å². The molecule has 27 heavy (non-hydrogen) atoms. The van der Waals surface area contributed by atoms with Crippen molar-refractivity contribution in [2.45, 2.75) is 13.3 Å². The number of hydrogen-bond donors (Lipinski definition) is 1. The molecule has 1 amide bonds. The molecule has 0 aliphatic carbocycles. The first-order valence-electron chi connectivity index (χ1n) is 8.74. The lowest BCUT2D eigenvalue weighted by atomic mass is 10.2. The highest BCUT2D eigenvalue weighted by Gasteiger charge is 2.13. The third kappa shape index (κ3) is 3.67. The SMILES string of the molecule is CCC(=O)Nc1cccc(Oc2ccnc3cc(-c4ccccc4)oc23)c1. The van der Waals surface area contributed by atoms with E-state index in [1.165, 1.54) is 0 Å². The van der Waals surface area contributed by atoms with Gasteiger partial charge in [-0.1, -0.05) is 43.3 Å². The second-order valence-electron chi connectivity index (χ2n) is 6.03. The van der Waals surface area contributed by atoms with Crippen LogP contribution in [-0.4, -0.2) is 10.9 Å². The Hall–Kier alpha value is -3.60. The minimum atomic E-state index is -0.0445. The number of carbonyl (C=O) groups is 1. The van der Waals surface area contributed by atoms with E-state index in [0.717, 1.165) is 16.8 Å². The molecule has 0 radical (unpaired) electrons. The summed E-state index contributed by atoms with van der Waals surface area (Å²) in [5.41, 5.74) is 2.97. The predicted octanol–water partition coefficient (Wildman–Crippen LogP) is 5.64. The highest BCUT2D eigenvalue weighted by atomic mass is 16.5. The van der Waals surface area contributed by atoms with Crippen molar-refractivity contribution < 1.29 is 13.9 Å². The molecule has 4 aromatic rings. The molecule has 0 spiro atoms. The van der Waals surface area contributed by atoms with Gasteiger partial charge in [0.1, 0.15) is 17.0 Å². The number of aromatic nitrogens is 1. The Labute approximate surface area is 156 Å². The predicted molar refractivity (Wildman–Crippen MR) is 105 cm³/mol. The van der Waals surface area contributed by atoms with E-state index in [-0.39, 0.29) is 5.91 Å². The van der Waals surface area contributed by atoms with Gasteiger partial charge in [0, 0.05) is 42.1 Å². The lowest BCUT2D eigenvalue weighted by Crippen LogP contribution is -2.09. The first-order chi connectivity index (χ1) is 13.2. The summed E-state index contributed by atoms with van der Waals surface area (Å²) in [7, 11) is 0. The first kappa shape index (κ1) is 16.8. The number of ether oxygens (including phenoxy) is 1. The number of fused-ring (bicyclic) bond motifs is 1. The number of nitrogens with zero attached hydrogens (tertiary/aromatic N) is 1. The van der Waals surface area contributed by atoms with Gasteiger partial charge >= 0.3 is 0 Å². The van der Waals surface area contributed by atoms with E-state index in [1.54, 1.807) is 18.3 Å². The molecule has 0 fully saturated rings. The Morgan fingerprint density at radius 2 is 1.93 bits per heavy atom. The molecule has 134 valence electrons. The van der Waals surface area contributed by atoms with Crippen LogP contribution in [0.1, 0.15) is 13.3 Å². The number of hydrogen-bond acceptors (Lipinski definition) is 4. The van der Waals surface area contributed by atoms with Gasteiger partial charge in [0.2, 0.25) is 5.91 Å². The summed E-state index contributed by atoms with van der Waals surface area (Å²) in [5, 5.41) is 2.83. The van der Waals surface area contributed by atoms with Crippen LogP contribution in [0.2, 0.25) is 0 Å². The number of carbonyl (C=O) groups excluding carboxylic acids is 1. The summed E-state index contributed by atoms with van der Waals surface area (Å²) in [6.07, 6.45) is 2.11. The maximum Gasteiger partial charge on any atom is 0.224 e. The van der Waals surface area contributed by atoms with Gasteiger partial charge in [-0.25, -0.2) is 0 Å². The van der Waals surface area contributed by atoms with Crippen molar-refractivity contribution in [2.24, 2.45) is 0 Å². The number of nitrogens with one attached hydrogen (secondary N) is 1. The maximum atomic E-state index is 11.6. The van der Waals surface area contributed by atoms with Crippen LogP contribution in [0.4, 0.5) is 5.69 Å². The average Bonchev–Trinajstić information content (AvgIpc) is 3.14. The molecule has 0 aliphatic heterocycles. The van der Waals surface area contributed by atoms with Crippen molar-refractivity contribution in [1.29, 1.82) is 0 Å². The molecule has 0 saturated carbocycles. The normalized spacial score (nSPS) is 10.7. The summed E-state index contributed by atoms with van der Waals surface area (Å²) in [6.45, 7) is 1.81. The molecule has 2 aromatic carbocycles. The maximum absolute atomic E-state index is 11.6. The quantitative estimate of drug-likeness (QED) is 0.502. The van der Waals surface area contributed by atoms with E-state index >= 15 is 0 Å². The lowest BCUT2D eigenvalue weighted by molar-refractivity contribution is -0.115. The molecule has 1 N–H and O–H groups in total. The highest BCUT2D eigenvalue weighted by Crippen LogP contribution is 2.34.